The smallest absolute Gasteiger partial charge is 0.256 e. The van der Waals surface area contributed by atoms with Crippen LogP contribution in [-0.4, -0.2) is 59.5 Å². The summed E-state index contributed by atoms with van der Waals surface area (Å²) in [5.74, 6) is 0.194. The molecular formula is C24H29N5O3S. The summed E-state index contributed by atoms with van der Waals surface area (Å²) >= 11 is 0. The lowest BCUT2D eigenvalue weighted by Crippen LogP contribution is -2.48. The number of anilines is 1. The zero-order chi connectivity index (χ0) is 23.4. The quantitative estimate of drug-likeness (QED) is 0.577. The topological polar surface area (TPSA) is 87.5 Å². The Morgan fingerprint density at radius 2 is 1.73 bits per heavy atom. The van der Waals surface area contributed by atoms with Gasteiger partial charge >= 0.3 is 0 Å². The van der Waals surface area contributed by atoms with Crippen LogP contribution in [0, 0.1) is 0 Å². The Bertz CT molecular complexity index is 1200. The molecular weight excluding hydrogens is 438 g/mol. The number of carbonyl (C=O) groups excluding carboxylic acids is 1. The van der Waals surface area contributed by atoms with E-state index >= 15 is 0 Å². The fraction of sp³-hybridized carbons (Fsp3) is 0.333. The molecule has 0 bridgehead atoms. The van der Waals surface area contributed by atoms with Crippen molar-refractivity contribution >= 4 is 21.7 Å². The Morgan fingerprint density at radius 1 is 1.00 bits per heavy atom. The van der Waals surface area contributed by atoms with Crippen LogP contribution in [0.2, 0.25) is 0 Å². The number of carbonyl (C=O) groups is 1. The summed E-state index contributed by atoms with van der Waals surface area (Å²) in [6.45, 7) is 6.89. The Hall–Kier alpha value is -3.01. The van der Waals surface area contributed by atoms with Crippen LogP contribution in [0.15, 0.2) is 71.8 Å². The molecule has 0 atom stereocenters. The number of sulfonamides is 1. The lowest BCUT2D eigenvalue weighted by Gasteiger charge is -2.34. The molecule has 8 nitrogen and oxygen atoms in total. The van der Waals surface area contributed by atoms with Crippen LogP contribution in [0.5, 0.6) is 0 Å². The molecule has 1 saturated heterocycles. The van der Waals surface area contributed by atoms with Gasteiger partial charge in [-0.15, -0.1) is 0 Å². The van der Waals surface area contributed by atoms with Gasteiger partial charge in [0.1, 0.15) is 5.82 Å². The molecule has 1 aromatic heterocycles. The van der Waals surface area contributed by atoms with Crippen LogP contribution >= 0.6 is 0 Å². The summed E-state index contributed by atoms with van der Waals surface area (Å²) in [7, 11) is -3.69. The summed E-state index contributed by atoms with van der Waals surface area (Å²) in [5.41, 5.74) is 1.50. The predicted molar refractivity (Wildman–Crippen MR) is 127 cm³/mol. The lowest BCUT2D eigenvalue weighted by molar-refractivity contribution is 0.102. The molecule has 2 heterocycles. The summed E-state index contributed by atoms with van der Waals surface area (Å²) < 4.78 is 29.7. The van der Waals surface area contributed by atoms with Gasteiger partial charge in [-0.3, -0.25) is 9.69 Å². The first-order chi connectivity index (χ1) is 15.8. The molecule has 1 aliphatic rings. The zero-order valence-corrected chi connectivity index (χ0v) is 19.7. The lowest BCUT2D eigenvalue weighted by atomic mass is 10.2. The van der Waals surface area contributed by atoms with Crippen LogP contribution in [0.3, 0.4) is 0 Å². The fourth-order valence-corrected chi connectivity index (χ4v) is 5.40. The highest BCUT2D eigenvalue weighted by Gasteiger charge is 2.29. The maximum Gasteiger partial charge on any atom is 0.256 e. The van der Waals surface area contributed by atoms with Crippen molar-refractivity contribution in [1.82, 2.24) is 19.0 Å². The van der Waals surface area contributed by atoms with Gasteiger partial charge in [-0.25, -0.2) is 13.1 Å². The van der Waals surface area contributed by atoms with E-state index < -0.39 is 10.0 Å². The third kappa shape index (κ3) is 5.32. The van der Waals surface area contributed by atoms with Gasteiger partial charge < -0.3 is 5.32 Å². The first-order valence-electron chi connectivity index (χ1n) is 11.1. The van der Waals surface area contributed by atoms with E-state index in [0.29, 0.717) is 32.0 Å². The van der Waals surface area contributed by atoms with Gasteiger partial charge in [-0.05, 0) is 37.6 Å². The van der Waals surface area contributed by atoms with Crippen LogP contribution in [0.1, 0.15) is 35.8 Å². The number of rotatable bonds is 7. The van der Waals surface area contributed by atoms with Crippen LogP contribution < -0.4 is 5.32 Å². The Kier molecular flexibility index (Phi) is 6.92. The molecule has 0 aliphatic carbocycles. The number of hydrogen-bond acceptors (Lipinski definition) is 5. The molecule has 0 radical (unpaired) electrons. The van der Waals surface area contributed by atoms with Gasteiger partial charge in [0, 0.05) is 50.4 Å². The molecule has 0 saturated carbocycles. The van der Waals surface area contributed by atoms with E-state index in [0.717, 1.165) is 6.54 Å². The molecule has 1 amide bonds. The van der Waals surface area contributed by atoms with E-state index in [1.54, 1.807) is 35.1 Å². The average Bonchev–Trinajstić information content (AvgIpc) is 3.29. The molecule has 33 heavy (non-hydrogen) atoms. The van der Waals surface area contributed by atoms with Crippen LogP contribution in [0.4, 0.5) is 5.82 Å². The highest BCUT2D eigenvalue weighted by molar-refractivity contribution is 7.89. The minimum atomic E-state index is -3.69. The zero-order valence-electron chi connectivity index (χ0n) is 18.9. The van der Waals surface area contributed by atoms with E-state index in [4.69, 9.17) is 0 Å². The molecule has 1 aliphatic heterocycles. The van der Waals surface area contributed by atoms with Gasteiger partial charge in [0.05, 0.1) is 11.1 Å². The monoisotopic (exact) mass is 467 g/mol. The fourth-order valence-electron chi connectivity index (χ4n) is 3.93. The van der Waals surface area contributed by atoms with Gasteiger partial charge in [0.25, 0.3) is 5.91 Å². The second kappa shape index (κ2) is 9.86. The van der Waals surface area contributed by atoms with E-state index in [9.17, 15) is 13.2 Å². The first kappa shape index (κ1) is 23.2. The molecule has 3 aromatic rings. The van der Waals surface area contributed by atoms with Crippen molar-refractivity contribution < 1.29 is 13.2 Å². The van der Waals surface area contributed by atoms with Gasteiger partial charge in [0.15, 0.2) is 0 Å². The third-order valence-corrected chi connectivity index (χ3v) is 7.61. The number of benzene rings is 2. The predicted octanol–water partition coefficient (Wildman–Crippen LogP) is 3.22. The van der Waals surface area contributed by atoms with Crippen molar-refractivity contribution in [3.05, 3.63) is 78.0 Å². The number of nitrogens with one attached hydrogen (secondary N) is 1. The average molecular weight is 468 g/mol. The van der Waals surface area contributed by atoms with Gasteiger partial charge in [0.2, 0.25) is 10.0 Å². The third-order valence-electron chi connectivity index (χ3n) is 5.72. The van der Waals surface area contributed by atoms with E-state index in [1.807, 2.05) is 32.0 Å². The van der Waals surface area contributed by atoms with Crippen LogP contribution in [-0.2, 0) is 16.6 Å². The first-order valence-corrected chi connectivity index (χ1v) is 12.5. The van der Waals surface area contributed by atoms with Crippen molar-refractivity contribution in [3.63, 3.8) is 0 Å². The normalized spacial score (nSPS) is 15.6. The summed E-state index contributed by atoms with van der Waals surface area (Å²) in [6.07, 6.45) is 1.62. The maximum absolute atomic E-state index is 13.2. The highest BCUT2D eigenvalue weighted by atomic mass is 32.2. The molecule has 0 unspecified atom stereocenters. The second-order valence-corrected chi connectivity index (χ2v) is 10.3. The minimum absolute atomic E-state index is 0.0857. The van der Waals surface area contributed by atoms with E-state index in [-0.39, 0.29) is 22.4 Å². The number of amides is 1. The van der Waals surface area contributed by atoms with Gasteiger partial charge in [-0.1, -0.05) is 36.4 Å². The highest BCUT2D eigenvalue weighted by Crippen LogP contribution is 2.21. The number of aromatic nitrogens is 2. The Balaban J connectivity index is 1.43. The minimum Gasteiger partial charge on any atom is -0.307 e. The van der Waals surface area contributed by atoms with E-state index in [1.165, 1.54) is 15.9 Å². The Labute approximate surface area is 194 Å². The standard InChI is InChI=1S/C24H29N5O3S/c1-19(2)29-23(11-12-25-29)26-24(30)21-9-6-10-22(17-21)33(31,32)28-15-13-27(14-16-28)18-20-7-4-3-5-8-20/h3-12,17,19H,13-16,18H2,1-2H3,(H,26,30). The second-order valence-electron chi connectivity index (χ2n) is 8.40. The number of piperazine rings is 1. The summed E-state index contributed by atoms with van der Waals surface area (Å²) in [5, 5.41) is 7.03. The molecule has 1 fully saturated rings. The van der Waals surface area contributed by atoms with E-state index in [2.05, 4.69) is 27.4 Å². The SMILES string of the molecule is CC(C)n1nccc1NC(=O)c1cccc(S(=O)(=O)N2CCN(Cc3ccccc3)CC2)c1. The maximum atomic E-state index is 13.2. The molecule has 4 rings (SSSR count). The molecule has 1 N–H and O–H groups in total. The van der Waals surface area contributed by atoms with Crippen molar-refractivity contribution in [1.29, 1.82) is 0 Å². The molecule has 174 valence electrons. The summed E-state index contributed by atoms with van der Waals surface area (Å²) in [4.78, 5) is 15.2. The molecule has 0 spiro atoms. The largest absolute Gasteiger partial charge is 0.307 e. The van der Waals surface area contributed by atoms with Crippen LogP contribution in [0.25, 0.3) is 0 Å². The van der Waals surface area contributed by atoms with Crippen molar-refractivity contribution in [2.75, 3.05) is 31.5 Å². The van der Waals surface area contributed by atoms with Crippen molar-refractivity contribution in [3.8, 4) is 0 Å². The molecule has 2 aromatic carbocycles. The summed E-state index contributed by atoms with van der Waals surface area (Å²) in [6, 6.07) is 18.2. The van der Waals surface area contributed by atoms with Gasteiger partial charge in [-0.2, -0.15) is 9.40 Å². The van der Waals surface area contributed by atoms with Crippen molar-refractivity contribution in [2.24, 2.45) is 0 Å². The van der Waals surface area contributed by atoms with Crippen molar-refractivity contribution in [2.45, 2.75) is 31.3 Å². The molecule has 9 heteroatoms. The Morgan fingerprint density at radius 3 is 2.42 bits per heavy atom. The number of nitrogens with zero attached hydrogens (tertiary/aromatic N) is 4. The number of hydrogen-bond donors (Lipinski definition) is 1.